The lowest BCUT2D eigenvalue weighted by molar-refractivity contribution is 0.361. The minimum Gasteiger partial charge on any atom is -0.456 e. The number of benzene rings is 17. The lowest BCUT2D eigenvalue weighted by atomic mass is 9.74. The summed E-state index contributed by atoms with van der Waals surface area (Å²) in [4.78, 5) is 34.4. The molecule has 2 aliphatic rings. The standard InChI is InChI=1S/C63H45N5O.C51H31N5S/c1-3-15-40(16-4-1)42-29-32-58-52(37-42)50-24-8-11-27-56(50)68(58)48-22-14-19-45(36-48)62-64-61(65-63(66-62)46-31-34-60-54(39-46)51-25-9-12-28-59(51)69-60)44-18-13-17-41(35-44)43-30-33-57-53(38-43)49-23-7-10-26-55(49)67(57)47-20-5-2-6-21-47;1-2-13-32(14-3-1)33-26-28-46-42(30-33)39-19-6-8-21-43(39)55(46)36-16-12-15-34(29-36)49-52-50(35-25-27-41-40-20-7-11-24-47(40)57-48(41)31-35)54-51(53-49)56-44-22-9-4-17-37(44)38-18-5-10-23-45(38)56/h1-29,31-32,34-37,39,43,53,57H,30,33,38H2;1-31H. The van der Waals surface area contributed by atoms with Gasteiger partial charge in [0.25, 0.3) is 0 Å². The average molecular weight is 1630 g/mol. The Morgan fingerprint density at radius 2 is 0.667 bits per heavy atom. The molecule has 0 radical (unpaired) electrons. The number of anilines is 2. The number of fused-ring (bicyclic) bond motifs is 18. The van der Waals surface area contributed by atoms with Gasteiger partial charge in [0.2, 0.25) is 5.95 Å². The van der Waals surface area contributed by atoms with Crippen LogP contribution in [0.3, 0.4) is 0 Å². The van der Waals surface area contributed by atoms with E-state index < -0.39 is 0 Å². The molecule has 1 aliphatic carbocycles. The molecule has 24 aromatic rings. The first kappa shape index (κ1) is 72.8. The molecule has 0 N–H and O–H groups in total. The Balaban J connectivity index is 0.000000140. The van der Waals surface area contributed by atoms with Gasteiger partial charge in [0, 0.05) is 126 Å². The fourth-order valence-corrected chi connectivity index (χ4v) is 21.3. The maximum atomic E-state index is 6.25. The number of hydrogen-bond donors (Lipinski definition) is 0. The molecule has 0 spiro atoms. The van der Waals surface area contributed by atoms with Crippen LogP contribution in [0.1, 0.15) is 42.2 Å². The molecular formula is C114H76N10OS. The van der Waals surface area contributed by atoms with E-state index in [4.69, 9.17) is 34.3 Å². The van der Waals surface area contributed by atoms with Crippen molar-refractivity contribution in [3.05, 3.63) is 418 Å². The van der Waals surface area contributed by atoms with Gasteiger partial charge in [-0.3, -0.25) is 4.57 Å². The first-order valence-corrected chi connectivity index (χ1v) is 44.0. The lowest BCUT2D eigenvalue weighted by Gasteiger charge is -2.37. The van der Waals surface area contributed by atoms with Gasteiger partial charge >= 0.3 is 0 Å². The van der Waals surface area contributed by atoms with E-state index in [1.54, 1.807) is 11.3 Å². The molecule has 8 heterocycles. The van der Waals surface area contributed by atoms with Crippen LogP contribution in [0.5, 0.6) is 0 Å². The van der Waals surface area contributed by atoms with Gasteiger partial charge in [0.05, 0.1) is 33.1 Å². The second-order valence-electron chi connectivity index (χ2n) is 33.2. The molecule has 1 fully saturated rings. The van der Waals surface area contributed by atoms with Gasteiger partial charge in [0.15, 0.2) is 29.1 Å². The lowest BCUT2D eigenvalue weighted by Crippen LogP contribution is -2.34. The Morgan fingerprint density at radius 1 is 0.254 bits per heavy atom. The summed E-state index contributed by atoms with van der Waals surface area (Å²) in [6.07, 6.45) is 3.31. The van der Waals surface area contributed by atoms with Crippen molar-refractivity contribution in [2.24, 2.45) is 0 Å². The highest BCUT2D eigenvalue weighted by Crippen LogP contribution is 2.55. The first-order valence-electron chi connectivity index (χ1n) is 43.2. The average Bonchev–Trinajstić information content (AvgIpc) is 1.59. The number of hydrogen-bond acceptors (Lipinski definition) is 9. The number of para-hydroxylation sites is 7. The quantitative estimate of drug-likeness (QED) is 0.119. The van der Waals surface area contributed by atoms with Crippen LogP contribution >= 0.6 is 11.3 Å². The molecule has 12 heteroatoms. The number of thiophene rings is 1. The molecule has 17 aromatic carbocycles. The normalized spacial score (nSPS) is 14.5. The zero-order valence-electron chi connectivity index (χ0n) is 68.3. The van der Waals surface area contributed by atoms with E-state index in [2.05, 4.69) is 407 Å². The summed E-state index contributed by atoms with van der Waals surface area (Å²) in [7, 11) is 0. The summed E-state index contributed by atoms with van der Waals surface area (Å²) < 4.78 is 15.6. The third-order valence-electron chi connectivity index (χ3n) is 26.0. The van der Waals surface area contributed by atoms with E-state index in [0.29, 0.717) is 52.9 Å². The highest BCUT2D eigenvalue weighted by atomic mass is 32.1. The summed E-state index contributed by atoms with van der Waals surface area (Å²) in [6.45, 7) is 0. The van der Waals surface area contributed by atoms with Crippen LogP contribution in [0.15, 0.2) is 411 Å². The molecule has 1 aliphatic heterocycles. The van der Waals surface area contributed by atoms with Crippen molar-refractivity contribution in [3.63, 3.8) is 0 Å². The minimum atomic E-state index is 0.402. The van der Waals surface area contributed by atoms with Gasteiger partial charge in [-0.25, -0.2) is 19.9 Å². The van der Waals surface area contributed by atoms with Crippen LogP contribution < -0.4 is 4.90 Å². The second kappa shape index (κ2) is 29.9. The topological polar surface area (TPSA) is 109 Å². The van der Waals surface area contributed by atoms with Crippen molar-refractivity contribution in [1.29, 1.82) is 0 Å². The predicted octanol–water partition coefficient (Wildman–Crippen LogP) is 29.5. The molecule has 0 amide bonds. The van der Waals surface area contributed by atoms with Gasteiger partial charge in [-0.1, -0.05) is 273 Å². The molecule has 126 heavy (non-hydrogen) atoms. The molecule has 1 saturated carbocycles. The maximum Gasteiger partial charge on any atom is 0.238 e. The fraction of sp³-hybridized carbons (Fsp3) is 0.0526. The van der Waals surface area contributed by atoms with Crippen LogP contribution in [-0.4, -0.2) is 49.6 Å². The van der Waals surface area contributed by atoms with Crippen LogP contribution in [-0.2, 0) is 0 Å². The van der Waals surface area contributed by atoms with Crippen LogP contribution in [0.25, 0.3) is 204 Å². The van der Waals surface area contributed by atoms with Crippen molar-refractivity contribution in [2.75, 3.05) is 4.90 Å². The van der Waals surface area contributed by atoms with Crippen molar-refractivity contribution >= 4 is 130 Å². The Bertz CT molecular complexity index is 8400. The largest absolute Gasteiger partial charge is 0.456 e. The third-order valence-corrected chi connectivity index (χ3v) is 27.1. The van der Waals surface area contributed by atoms with Crippen molar-refractivity contribution in [3.8, 4) is 96.5 Å². The van der Waals surface area contributed by atoms with Crippen LogP contribution in [0, 0.1) is 0 Å². The monoisotopic (exact) mass is 1630 g/mol. The SMILES string of the molecule is c1ccc(-c2ccc3c(c2)c2ccccc2n3-c2cccc(-c3nc(-c4ccc5c(c4)sc4ccccc45)nc(-n4c5ccccc5c5ccccc54)n3)c2)cc1.c1ccc(-c2ccc3c(c2)c2ccccc2n3-c2cccc(-c3nc(-c4cccc(C5CCC6C(C5)c5ccccc5N6c5ccccc5)c4)nc(-c4ccc5oc6ccccc6c5c4)n3)c2)cc1. The Kier molecular flexibility index (Phi) is 17.3. The van der Waals surface area contributed by atoms with E-state index in [0.717, 1.165) is 124 Å². The highest BCUT2D eigenvalue weighted by Gasteiger charge is 2.43. The minimum absolute atomic E-state index is 0.402. The molecule has 26 rings (SSSR count). The van der Waals surface area contributed by atoms with E-state index in [1.807, 2.05) is 18.2 Å². The number of furan rings is 1. The van der Waals surface area contributed by atoms with Gasteiger partial charge in [-0.05, 0) is 192 Å². The Morgan fingerprint density at radius 3 is 1.27 bits per heavy atom. The smallest absolute Gasteiger partial charge is 0.238 e. The maximum absolute atomic E-state index is 6.25. The molecule has 0 bridgehead atoms. The summed E-state index contributed by atoms with van der Waals surface area (Å²) in [5.41, 5.74) is 25.3. The first-order chi connectivity index (χ1) is 62.4. The number of nitrogens with zero attached hydrogens (tertiary/aromatic N) is 10. The summed E-state index contributed by atoms with van der Waals surface area (Å²) in [5.74, 6) is 4.57. The third kappa shape index (κ3) is 12.4. The molecular weight excluding hydrogens is 1560 g/mol. The van der Waals surface area contributed by atoms with Crippen molar-refractivity contribution < 1.29 is 4.42 Å². The van der Waals surface area contributed by atoms with Crippen LogP contribution in [0.4, 0.5) is 11.4 Å². The Hall–Kier alpha value is -16.0. The van der Waals surface area contributed by atoms with E-state index in [9.17, 15) is 0 Å². The fourth-order valence-electron chi connectivity index (χ4n) is 20.2. The zero-order valence-corrected chi connectivity index (χ0v) is 69.1. The molecule has 594 valence electrons. The second-order valence-corrected chi connectivity index (χ2v) is 34.2. The molecule has 3 atom stereocenters. The van der Waals surface area contributed by atoms with E-state index in [1.165, 1.54) is 86.5 Å². The Labute approximate surface area is 729 Å². The van der Waals surface area contributed by atoms with Gasteiger partial charge in [-0.15, -0.1) is 11.3 Å². The van der Waals surface area contributed by atoms with E-state index in [-0.39, 0.29) is 0 Å². The molecule has 3 unspecified atom stereocenters. The summed E-state index contributed by atoms with van der Waals surface area (Å²) >= 11 is 1.80. The van der Waals surface area contributed by atoms with E-state index >= 15 is 0 Å². The summed E-state index contributed by atoms with van der Waals surface area (Å²) in [6, 6.07) is 145. The van der Waals surface area contributed by atoms with Gasteiger partial charge in [-0.2, -0.15) is 9.97 Å². The molecule has 0 saturated heterocycles. The van der Waals surface area contributed by atoms with Crippen molar-refractivity contribution in [2.45, 2.75) is 37.1 Å². The van der Waals surface area contributed by atoms with Gasteiger partial charge in [0.1, 0.15) is 11.2 Å². The summed E-state index contributed by atoms with van der Waals surface area (Å²) in [5, 5.41) is 11.8. The molecule has 7 aromatic heterocycles. The van der Waals surface area contributed by atoms with Crippen molar-refractivity contribution in [1.82, 2.24) is 43.6 Å². The molecule has 11 nitrogen and oxygen atoms in total. The van der Waals surface area contributed by atoms with Gasteiger partial charge < -0.3 is 18.5 Å². The number of rotatable bonds is 12. The zero-order chi connectivity index (χ0) is 82.9. The highest BCUT2D eigenvalue weighted by molar-refractivity contribution is 7.25. The predicted molar refractivity (Wildman–Crippen MR) is 519 cm³/mol. The number of aromatic nitrogens is 9. The van der Waals surface area contributed by atoms with Crippen LogP contribution in [0.2, 0.25) is 0 Å².